The van der Waals surface area contributed by atoms with Gasteiger partial charge in [0.15, 0.2) is 0 Å². The zero-order valence-corrected chi connectivity index (χ0v) is 9.95. The van der Waals surface area contributed by atoms with E-state index < -0.39 is 0 Å². The highest BCUT2D eigenvalue weighted by Crippen LogP contribution is 2.20. The number of carbonyl (C=O) groups excluding carboxylic acids is 1. The summed E-state index contributed by atoms with van der Waals surface area (Å²) in [6.07, 6.45) is 4.50. The van der Waals surface area contributed by atoms with Gasteiger partial charge in [0.05, 0.1) is 17.4 Å². The van der Waals surface area contributed by atoms with Gasteiger partial charge in [-0.3, -0.25) is 9.89 Å². The third kappa shape index (κ3) is 2.36. The van der Waals surface area contributed by atoms with Crippen molar-refractivity contribution in [1.29, 1.82) is 0 Å². The molecule has 4 nitrogen and oxygen atoms in total. The zero-order chi connectivity index (χ0) is 12.3. The number of carbonyl (C=O) groups is 1. The summed E-state index contributed by atoms with van der Waals surface area (Å²) in [6.45, 7) is 3.82. The molecule has 17 heavy (non-hydrogen) atoms. The number of aromatic amines is 1. The highest BCUT2D eigenvalue weighted by molar-refractivity contribution is 6.07. The quantitative estimate of drug-likeness (QED) is 0.795. The molecule has 1 aromatic heterocycles. The fourth-order valence-electron chi connectivity index (χ4n) is 1.69. The van der Waals surface area contributed by atoms with Crippen LogP contribution in [0.5, 0.6) is 0 Å². The second-order valence-electron chi connectivity index (χ2n) is 3.89. The summed E-state index contributed by atoms with van der Waals surface area (Å²) >= 11 is 0. The van der Waals surface area contributed by atoms with Crippen molar-refractivity contribution in [2.45, 2.75) is 20.3 Å². The summed E-state index contributed by atoms with van der Waals surface area (Å²) in [4.78, 5) is 11.9. The average molecular weight is 229 g/mol. The number of aromatic nitrogens is 2. The molecule has 2 aromatic rings. The Labute approximate surface area is 99.7 Å². The topological polar surface area (TPSA) is 57.8 Å². The number of hydrogen-bond donors (Lipinski definition) is 2. The van der Waals surface area contributed by atoms with E-state index in [2.05, 4.69) is 15.5 Å². The van der Waals surface area contributed by atoms with Crippen molar-refractivity contribution < 1.29 is 4.79 Å². The van der Waals surface area contributed by atoms with Crippen LogP contribution in [0.25, 0.3) is 10.9 Å². The van der Waals surface area contributed by atoms with E-state index >= 15 is 0 Å². The molecule has 0 radical (unpaired) electrons. The van der Waals surface area contributed by atoms with E-state index in [0.717, 1.165) is 28.6 Å². The molecule has 2 rings (SSSR count). The van der Waals surface area contributed by atoms with E-state index in [-0.39, 0.29) is 5.91 Å². The van der Waals surface area contributed by atoms with Crippen LogP contribution in [0, 0.1) is 0 Å². The summed E-state index contributed by atoms with van der Waals surface area (Å²) in [5, 5.41) is 10.7. The molecule has 0 fully saturated rings. The van der Waals surface area contributed by atoms with E-state index in [9.17, 15) is 4.79 Å². The first-order valence-electron chi connectivity index (χ1n) is 5.62. The monoisotopic (exact) mass is 229 g/mol. The molecule has 4 heteroatoms. The smallest absolute Gasteiger partial charge is 0.251 e. The Balaban J connectivity index is 2.27. The Kier molecular flexibility index (Phi) is 3.23. The maximum atomic E-state index is 11.9. The summed E-state index contributed by atoms with van der Waals surface area (Å²) in [5.74, 6) is -0.0750. The standard InChI is InChI=1S/C13H15N3O/c1-3-5-9(2)13(17)15-11-7-4-6-10-8-14-16-12(10)11/h4-8H,3H2,1-2H3,(H,14,16)(H,15,17)/b9-5+. The number of anilines is 1. The van der Waals surface area contributed by atoms with Crippen molar-refractivity contribution >= 4 is 22.5 Å². The Morgan fingerprint density at radius 3 is 3.12 bits per heavy atom. The van der Waals surface area contributed by atoms with Gasteiger partial charge in [0.25, 0.3) is 5.91 Å². The molecule has 88 valence electrons. The number of H-pyrrole nitrogens is 1. The summed E-state index contributed by atoms with van der Waals surface area (Å²) < 4.78 is 0. The fraction of sp³-hybridized carbons (Fsp3) is 0.231. The zero-order valence-electron chi connectivity index (χ0n) is 9.95. The Bertz CT molecular complexity index is 569. The van der Waals surface area contributed by atoms with Gasteiger partial charge in [-0.2, -0.15) is 5.10 Å². The SMILES string of the molecule is CC/C=C(\C)C(=O)Nc1cccc2cn[nH]c12. The molecule has 0 aliphatic carbocycles. The number of amides is 1. The van der Waals surface area contributed by atoms with Crippen molar-refractivity contribution in [2.24, 2.45) is 0 Å². The lowest BCUT2D eigenvalue weighted by atomic mass is 10.2. The number of nitrogens with one attached hydrogen (secondary N) is 2. The number of rotatable bonds is 3. The molecular formula is C13H15N3O. The molecule has 0 unspecified atom stereocenters. The first-order chi connectivity index (χ1) is 8.22. The van der Waals surface area contributed by atoms with E-state index in [1.165, 1.54) is 0 Å². The van der Waals surface area contributed by atoms with Crippen LogP contribution in [-0.2, 0) is 4.79 Å². The van der Waals surface area contributed by atoms with Gasteiger partial charge < -0.3 is 5.32 Å². The minimum Gasteiger partial charge on any atom is -0.320 e. The van der Waals surface area contributed by atoms with Crippen LogP contribution in [0.3, 0.4) is 0 Å². The van der Waals surface area contributed by atoms with Crippen molar-refractivity contribution in [3.8, 4) is 0 Å². The van der Waals surface area contributed by atoms with Gasteiger partial charge in [0.2, 0.25) is 0 Å². The van der Waals surface area contributed by atoms with Crippen LogP contribution < -0.4 is 5.32 Å². The molecule has 0 aliphatic rings. The van der Waals surface area contributed by atoms with Crippen molar-refractivity contribution in [2.75, 3.05) is 5.32 Å². The summed E-state index contributed by atoms with van der Waals surface area (Å²) in [6, 6.07) is 5.70. The molecule has 0 saturated carbocycles. The van der Waals surface area contributed by atoms with Gasteiger partial charge >= 0.3 is 0 Å². The lowest BCUT2D eigenvalue weighted by Gasteiger charge is -2.06. The minimum absolute atomic E-state index is 0.0750. The van der Waals surface area contributed by atoms with Gasteiger partial charge in [-0.1, -0.05) is 25.1 Å². The Morgan fingerprint density at radius 1 is 1.53 bits per heavy atom. The third-order valence-corrected chi connectivity index (χ3v) is 2.59. The van der Waals surface area contributed by atoms with Crippen LogP contribution in [0.2, 0.25) is 0 Å². The number of benzene rings is 1. The third-order valence-electron chi connectivity index (χ3n) is 2.59. The summed E-state index contributed by atoms with van der Waals surface area (Å²) in [5.41, 5.74) is 2.34. The lowest BCUT2D eigenvalue weighted by molar-refractivity contribution is -0.112. The number of para-hydroxylation sites is 1. The molecule has 2 N–H and O–H groups in total. The highest BCUT2D eigenvalue weighted by atomic mass is 16.1. The first kappa shape index (κ1) is 11.4. The predicted molar refractivity (Wildman–Crippen MR) is 68.8 cm³/mol. The van der Waals surface area contributed by atoms with E-state index in [1.54, 1.807) is 6.20 Å². The predicted octanol–water partition coefficient (Wildman–Crippen LogP) is 2.86. The van der Waals surface area contributed by atoms with E-state index in [4.69, 9.17) is 0 Å². The molecule has 0 saturated heterocycles. The molecule has 0 atom stereocenters. The molecule has 0 aliphatic heterocycles. The van der Waals surface area contributed by atoms with Crippen LogP contribution in [0.1, 0.15) is 20.3 Å². The van der Waals surface area contributed by atoms with Crippen molar-refractivity contribution in [1.82, 2.24) is 10.2 Å². The number of allylic oxidation sites excluding steroid dienone is 1. The van der Waals surface area contributed by atoms with Crippen molar-refractivity contribution in [3.05, 3.63) is 36.0 Å². The molecular weight excluding hydrogens is 214 g/mol. The fourth-order valence-corrected chi connectivity index (χ4v) is 1.69. The number of hydrogen-bond acceptors (Lipinski definition) is 2. The number of fused-ring (bicyclic) bond motifs is 1. The van der Waals surface area contributed by atoms with Crippen LogP contribution in [0.4, 0.5) is 5.69 Å². The molecule has 1 amide bonds. The van der Waals surface area contributed by atoms with Crippen molar-refractivity contribution in [3.63, 3.8) is 0 Å². The van der Waals surface area contributed by atoms with E-state index in [1.807, 2.05) is 38.1 Å². The van der Waals surface area contributed by atoms with Gasteiger partial charge in [-0.15, -0.1) is 0 Å². The molecule has 1 aromatic carbocycles. The molecule has 1 heterocycles. The van der Waals surface area contributed by atoms with Gasteiger partial charge in [-0.25, -0.2) is 0 Å². The van der Waals surface area contributed by atoms with Crippen LogP contribution in [0.15, 0.2) is 36.0 Å². The van der Waals surface area contributed by atoms with E-state index in [0.29, 0.717) is 0 Å². The Morgan fingerprint density at radius 2 is 2.35 bits per heavy atom. The molecule has 0 bridgehead atoms. The average Bonchev–Trinajstić information content (AvgIpc) is 2.78. The molecule has 0 spiro atoms. The van der Waals surface area contributed by atoms with Crippen LogP contribution in [-0.4, -0.2) is 16.1 Å². The van der Waals surface area contributed by atoms with Gasteiger partial charge in [0, 0.05) is 11.0 Å². The second kappa shape index (κ2) is 4.82. The Hall–Kier alpha value is -2.10. The maximum Gasteiger partial charge on any atom is 0.251 e. The number of nitrogens with zero attached hydrogens (tertiary/aromatic N) is 1. The van der Waals surface area contributed by atoms with Gasteiger partial charge in [-0.05, 0) is 19.4 Å². The first-order valence-corrected chi connectivity index (χ1v) is 5.62. The lowest BCUT2D eigenvalue weighted by Crippen LogP contribution is -2.12. The summed E-state index contributed by atoms with van der Waals surface area (Å²) in [7, 11) is 0. The largest absolute Gasteiger partial charge is 0.320 e. The van der Waals surface area contributed by atoms with Crippen LogP contribution >= 0.6 is 0 Å². The second-order valence-corrected chi connectivity index (χ2v) is 3.89. The highest BCUT2D eigenvalue weighted by Gasteiger charge is 2.07. The normalized spacial score (nSPS) is 11.8. The minimum atomic E-state index is -0.0750. The van der Waals surface area contributed by atoms with Gasteiger partial charge in [0.1, 0.15) is 0 Å². The maximum absolute atomic E-state index is 11.9.